The van der Waals surface area contributed by atoms with Crippen LogP contribution in [0, 0.1) is 5.41 Å². The lowest BCUT2D eigenvalue weighted by Crippen LogP contribution is -2.47. The number of aromatic amines is 1. The van der Waals surface area contributed by atoms with E-state index in [9.17, 15) is 4.79 Å². The summed E-state index contributed by atoms with van der Waals surface area (Å²) in [7, 11) is 0. The van der Waals surface area contributed by atoms with Gasteiger partial charge in [0.2, 0.25) is 0 Å². The van der Waals surface area contributed by atoms with Gasteiger partial charge in [-0.2, -0.15) is 11.8 Å². The lowest BCUT2D eigenvalue weighted by Gasteiger charge is -2.43. The van der Waals surface area contributed by atoms with E-state index in [1.807, 2.05) is 28.8 Å². The molecule has 4 rings (SSSR count). The summed E-state index contributed by atoms with van der Waals surface area (Å²) in [4.78, 5) is 17.9. The van der Waals surface area contributed by atoms with Gasteiger partial charge in [0, 0.05) is 37.2 Å². The van der Waals surface area contributed by atoms with Crippen LogP contribution in [0.1, 0.15) is 25.8 Å². The monoisotopic (exact) mass is 317 g/mol. The first-order chi connectivity index (χ1) is 10.6. The molecule has 2 aliphatic heterocycles. The van der Waals surface area contributed by atoms with E-state index in [1.165, 1.54) is 18.1 Å². The molecular weight excluding hydrogens is 294 g/mol. The SMILES string of the molecule is CC1(CN2CCC(n3c(=O)[nH]c4ccccc43)CC2)CSC1. The molecule has 2 saturated heterocycles. The van der Waals surface area contributed by atoms with Crippen LogP contribution in [-0.4, -0.2) is 45.6 Å². The fraction of sp³-hybridized carbons (Fsp3) is 0.588. The zero-order valence-corrected chi connectivity index (χ0v) is 13.9. The fourth-order valence-corrected chi connectivity index (χ4v) is 4.94. The maximum atomic E-state index is 12.3. The molecule has 0 radical (unpaired) electrons. The number of rotatable bonds is 3. The number of nitrogens with zero attached hydrogens (tertiary/aromatic N) is 2. The fourth-order valence-electron chi connectivity index (χ4n) is 3.85. The molecule has 118 valence electrons. The largest absolute Gasteiger partial charge is 0.326 e. The summed E-state index contributed by atoms with van der Waals surface area (Å²) in [5.41, 5.74) is 2.57. The summed E-state index contributed by atoms with van der Waals surface area (Å²) < 4.78 is 1.98. The third-order valence-electron chi connectivity index (χ3n) is 5.05. The van der Waals surface area contributed by atoms with Gasteiger partial charge in [-0.15, -0.1) is 0 Å². The average molecular weight is 317 g/mol. The Kier molecular flexibility index (Phi) is 3.57. The molecule has 2 aliphatic rings. The van der Waals surface area contributed by atoms with Crippen LogP contribution < -0.4 is 5.69 Å². The molecule has 2 aromatic rings. The number of imidazole rings is 1. The normalized spacial score (nSPS) is 22.8. The number of nitrogens with one attached hydrogen (secondary N) is 1. The highest BCUT2D eigenvalue weighted by molar-refractivity contribution is 8.00. The van der Waals surface area contributed by atoms with Gasteiger partial charge in [-0.05, 0) is 30.4 Å². The van der Waals surface area contributed by atoms with Gasteiger partial charge in [0.05, 0.1) is 11.0 Å². The maximum absolute atomic E-state index is 12.3. The van der Waals surface area contributed by atoms with Crippen molar-refractivity contribution in [2.24, 2.45) is 5.41 Å². The van der Waals surface area contributed by atoms with Crippen molar-refractivity contribution in [3.05, 3.63) is 34.7 Å². The van der Waals surface area contributed by atoms with Crippen LogP contribution in [0.3, 0.4) is 0 Å². The molecule has 0 bridgehead atoms. The number of fused-ring (bicyclic) bond motifs is 1. The number of likely N-dealkylation sites (tertiary alicyclic amines) is 1. The molecule has 1 N–H and O–H groups in total. The maximum Gasteiger partial charge on any atom is 0.326 e. The van der Waals surface area contributed by atoms with E-state index in [0.717, 1.165) is 37.0 Å². The second-order valence-corrected chi connectivity index (χ2v) is 8.11. The molecule has 0 amide bonds. The summed E-state index contributed by atoms with van der Waals surface area (Å²) in [6.45, 7) is 5.84. The van der Waals surface area contributed by atoms with Crippen molar-refractivity contribution in [2.75, 3.05) is 31.1 Å². The number of hydrogen-bond donors (Lipinski definition) is 1. The zero-order chi connectivity index (χ0) is 15.2. The van der Waals surface area contributed by atoms with Crippen LogP contribution in [-0.2, 0) is 0 Å². The van der Waals surface area contributed by atoms with Gasteiger partial charge < -0.3 is 9.88 Å². The van der Waals surface area contributed by atoms with E-state index in [-0.39, 0.29) is 5.69 Å². The van der Waals surface area contributed by atoms with Crippen LogP contribution in [0.25, 0.3) is 11.0 Å². The van der Waals surface area contributed by atoms with Gasteiger partial charge in [-0.1, -0.05) is 19.1 Å². The second kappa shape index (κ2) is 5.46. The van der Waals surface area contributed by atoms with Crippen LogP contribution in [0.4, 0.5) is 0 Å². The third-order valence-corrected chi connectivity index (χ3v) is 6.85. The number of H-pyrrole nitrogens is 1. The Labute approximate surface area is 134 Å². The topological polar surface area (TPSA) is 41.0 Å². The van der Waals surface area contributed by atoms with Crippen molar-refractivity contribution in [3.8, 4) is 0 Å². The number of piperidine rings is 1. The van der Waals surface area contributed by atoms with Crippen LogP contribution in [0.2, 0.25) is 0 Å². The van der Waals surface area contributed by atoms with Crippen molar-refractivity contribution >= 4 is 22.8 Å². The van der Waals surface area contributed by atoms with E-state index in [1.54, 1.807) is 0 Å². The Bertz CT molecular complexity index is 723. The average Bonchev–Trinajstić information content (AvgIpc) is 2.82. The minimum absolute atomic E-state index is 0.0435. The highest BCUT2D eigenvalue weighted by atomic mass is 32.2. The summed E-state index contributed by atoms with van der Waals surface area (Å²) in [5.74, 6) is 2.60. The van der Waals surface area contributed by atoms with Crippen LogP contribution in [0.5, 0.6) is 0 Å². The van der Waals surface area contributed by atoms with Gasteiger partial charge >= 0.3 is 5.69 Å². The lowest BCUT2D eigenvalue weighted by molar-refractivity contribution is 0.138. The molecule has 1 aromatic carbocycles. The smallest absolute Gasteiger partial charge is 0.306 e. The highest BCUT2D eigenvalue weighted by Crippen LogP contribution is 2.38. The highest BCUT2D eigenvalue weighted by Gasteiger charge is 2.35. The Hall–Kier alpha value is -1.20. The van der Waals surface area contributed by atoms with E-state index in [0.29, 0.717) is 11.5 Å². The number of para-hydroxylation sites is 2. The number of hydrogen-bond acceptors (Lipinski definition) is 3. The van der Waals surface area contributed by atoms with Gasteiger partial charge in [0.25, 0.3) is 0 Å². The Balaban J connectivity index is 1.49. The molecule has 5 heteroatoms. The zero-order valence-electron chi connectivity index (χ0n) is 13.0. The first-order valence-corrected chi connectivity index (χ1v) is 9.29. The molecule has 22 heavy (non-hydrogen) atoms. The predicted octanol–water partition coefficient (Wildman–Crippen LogP) is 2.72. The minimum atomic E-state index is 0.0435. The van der Waals surface area contributed by atoms with E-state index >= 15 is 0 Å². The van der Waals surface area contributed by atoms with Gasteiger partial charge in [0.15, 0.2) is 0 Å². The predicted molar refractivity (Wildman–Crippen MR) is 92.7 cm³/mol. The van der Waals surface area contributed by atoms with E-state index < -0.39 is 0 Å². The van der Waals surface area contributed by atoms with Crippen molar-refractivity contribution in [2.45, 2.75) is 25.8 Å². The first-order valence-electron chi connectivity index (χ1n) is 8.14. The molecular formula is C17H23N3OS. The summed E-state index contributed by atoms with van der Waals surface area (Å²) in [5, 5.41) is 0. The lowest BCUT2D eigenvalue weighted by atomic mass is 9.92. The molecule has 0 unspecified atom stereocenters. The van der Waals surface area contributed by atoms with Crippen molar-refractivity contribution in [3.63, 3.8) is 0 Å². The Morgan fingerprint density at radius 2 is 2.00 bits per heavy atom. The number of benzene rings is 1. The van der Waals surface area contributed by atoms with Gasteiger partial charge in [-0.3, -0.25) is 4.57 Å². The molecule has 0 aliphatic carbocycles. The summed E-state index contributed by atoms with van der Waals surface area (Å²) in [6.07, 6.45) is 2.15. The van der Waals surface area contributed by atoms with Crippen LogP contribution in [0.15, 0.2) is 29.1 Å². The number of thioether (sulfide) groups is 1. The van der Waals surface area contributed by atoms with E-state index in [2.05, 4.69) is 28.6 Å². The number of aromatic nitrogens is 2. The van der Waals surface area contributed by atoms with Crippen molar-refractivity contribution in [1.82, 2.24) is 14.5 Å². The molecule has 2 fully saturated rings. The van der Waals surface area contributed by atoms with Crippen molar-refractivity contribution in [1.29, 1.82) is 0 Å². The first kappa shape index (κ1) is 14.4. The molecule has 3 heterocycles. The van der Waals surface area contributed by atoms with Crippen LogP contribution >= 0.6 is 11.8 Å². The third kappa shape index (κ3) is 2.50. The van der Waals surface area contributed by atoms with E-state index in [4.69, 9.17) is 0 Å². The van der Waals surface area contributed by atoms with Gasteiger partial charge in [-0.25, -0.2) is 4.79 Å². The molecule has 0 saturated carbocycles. The standard InChI is InChI=1S/C17H23N3OS/c1-17(11-22-12-17)10-19-8-6-13(7-9-19)20-15-5-3-2-4-14(15)18-16(20)21/h2-5,13H,6-12H2,1H3,(H,18,21). The van der Waals surface area contributed by atoms with Gasteiger partial charge in [0.1, 0.15) is 0 Å². The quantitative estimate of drug-likeness (QED) is 0.946. The molecule has 4 nitrogen and oxygen atoms in total. The Morgan fingerprint density at radius 1 is 1.27 bits per heavy atom. The summed E-state index contributed by atoms with van der Waals surface area (Å²) >= 11 is 2.06. The van der Waals surface area contributed by atoms with Crippen molar-refractivity contribution < 1.29 is 0 Å². The Morgan fingerprint density at radius 3 is 2.68 bits per heavy atom. The molecule has 0 atom stereocenters. The second-order valence-electron chi connectivity index (χ2n) is 7.13. The molecule has 0 spiro atoms. The minimum Gasteiger partial charge on any atom is -0.306 e. The summed E-state index contributed by atoms with van der Waals surface area (Å²) in [6, 6.07) is 8.35. The molecule has 1 aromatic heterocycles.